The Hall–Kier alpha value is -1.09. The second-order valence-corrected chi connectivity index (χ2v) is 4.79. The fraction of sp³-hybridized carbons (Fsp3) is 0.417. The molecule has 1 aliphatic rings. The van der Waals surface area contributed by atoms with Gasteiger partial charge in [0.2, 0.25) is 0 Å². The summed E-state index contributed by atoms with van der Waals surface area (Å²) in [6, 6.07) is 3.07. The van der Waals surface area contributed by atoms with E-state index < -0.39 is 17.2 Å². The first-order chi connectivity index (χ1) is 7.47. The summed E-state index contributed by atoms with van der Waals surface area (Å²) in [5.41, 5.74) is 0.0377. The monoisotopic (exact) mass is 242 g/mol. The standard InChI is InChI=1S/C12H12ClFO2/c1-12(11(15)16)6-2-3-7-8(12)4-5-9(13)10(7)14/h4-5H,2-3,6H2,1H3,(H,15,16). The van der Waals surface area contributed by atoms with E-state index in [0.717, 1.165) is 0 Å². The molecular weight excluding hydrogens is 231 g/mol. The van der Waals surface area contributed by atoms with Gasteiger partial charge in [-0.05, 0) is 43.4 Å². The maximum absolute atomic E-state index is 13.8. The molecule has 0 amide bonds. The van der Waals surface area contributed by atoms with Crippen molar-refractivity contribution >= 4 is 17.6 Å². The van der Waals surface area contributed by atoms with Crippen LogP contribution < -0.4 is 0 Å². The van der Waals surface area contributed by atoms with Gasteiger partial charge in [-0.3, -0.25) is 4.79 Å². The smallest absolute Gasteiger partial charge is 0.313 e. The Morgan fingerprint density at radius 3 is 2.88 bits per heavy atom. The predicted molar refractivity (Wildman–Crippen MR) is 59.3 cm³/mol. The van der Waals surface area contributed by atoms with Gasteiger partial charge in [-0.25, -0.2) is 4.39 Å². The molecule has 0 aromatic heterocycles. The van der Waals surface area contributed by atoms with Crippen LogP contribution in [0.25, 0.3) is 0 Å². The van der Waals surface area contributed by atoms with E-state index in [4.69, 9.17) is 11.6 Å². The summed E-state index contributed by atoms with van der Waals surface area (Å²) < 4.78 is 13.8. The van der Waals surface area contributed by atoms with Gasteiger partial charge >= 0.3 is 5.97 Å². The average molecular weight is 243 g/mol. The quantitative estimate of drug-likeness (QED) is 0.821. The first-order valence-electron chi connectivity index (χ1n) is 5.17. The predicted octanol–water partition coefficient (Wildman–Crippen LogP) is 3.16. The van der Waals surface area contributed by atoms with Crippen molar-refractivity contribution in [3.8, 4) is 0 Å². The van der Waals surface area contributed by atoms with Crippen LogP contribution in [0.4, 0.5) is 4.39 Å². The van der Waals surface area contributed by atoms with Crippen LogP contribution in [-0.4, -0.2) is 11.1 Å². The lowest BCUT2D eigenvalue weighted by Gasteiger charge is -2.32. The number of hydrogen-bond donors (Lipinski definition) is 1. The van der Waals surface area contributed by atoms with Crippen LogP contribution in [0.2, 0.25) is 5.02 Å². The average Bonchev–Trinajstić information content (AvgIpc) is 2.24. The minimum absolute atomic E-state index is 0.0633. The lowest BCUT2D eigenvalue weighted by Crippen LogP contribution is -2.36. The topological polar surface area (TPSA) is 37.3 Å². The highest BCUT2D eigenvalue weighted by atomic mass is 35.5. The van der Waals surface area contributed by atoms with Gasteiger partial charge in [0, 0.05) is 0 Å². The first kappa shape index (κ1) is 11.4. The highest BCUT2D eigenvalue weighted by molar-refractivity contribution is 6.30. The molecule has 1 aromatic rings. The molecular formula is C12H12ClFO2. The second kappa shape index (κ2) is 3.74. The fourth-order valence-electron chi connectivity index (χ4n) is 2.33. The van der Waals surface area contributed by atoms with Crippen LogP contribution in [0.1, 0.15) is 30.9 Å². The van der Waals surface area contributed by atoms with E-state index in [1.165, 1.54) is 6.07 Å². The minimum Gasteiger partial charge on any atom is -0.481 e. The number of hydrogen-bond acceptors (Lipinski definition) is 1. The molecule has 16 heavy (non-hydrogen) atoms. The van der Waals surface area contributed by atoms with E-state index >= 15 is 0 Å². The molecule has 4 heteroatoms. The van der Waals surface area contributed by atoms with Gasteiger partial charge in [0.15, 0.2) is 0 Å². The highest BCUT2D eigenvalue weighted by Crippen LogP contribution is 2.39. The number of carbonyl (C=O) groups is 1. The normalized spacial score (nSPS) is 23.9. The van der Waals surface area contributed by atoms with Gasteiger partial charge in [0.25, 0.3) is 0 Å². The van der Waals surface area contributed by atoms with Crippen molar-refractivity contribution < 1.29 is 14.3 Å². The maximum Gasteiger partial charge on any atom is 0.313 e. The van der Waals surface area contributed by atoms with E-state index in [0.29, 0.717) is 30.4 Å². The lowest BCUT2D eigenvalue weighted by molar-refractivity contribution is -0.143. The fourth-order valence-corrected chi connectivity index (χ4v) is 2.51. The summed E-state index contributed by atoms with van der Waals surface area (Å²) in [6.45, 7) is 1.64. The molecule has 2 rings (SSSR count). The maximum atomic E-state index is 13.8. The Morgan fingerprint density at radius 2 is 2.25 bits per heavy atom. The van der Waals surface area contributed by atoms with Crippen LogP contribution in [0, 0.1) is 5.82 Å². The molecule has 0 radical (unpaired) electrons. The van der Waals surface area contributed by atoms with E-state index in [2.05, 4.69) is 0 Å². The van der Waals surface area contributed by atoms with E-state index in [-0.39, 0.29) is 5.02 Å². The van der Waals surface area contributed by atoms with Crippen LogP contribution in [-0.2, 0) is 16.6 Å². The van der Waals surface area contributed by atoms with E-state index in [1.54, 1.807) is 13.0 Å². The third-order valence-electron chi connectivity index (χ3n) is 3.37. The van der Waals surface area contributed by atoms with Crippen molar-refractivity contribution in [2.24, 2.45) is 0 Å². The third kappa shape index (κ3) is 1.50. The van der Waals surface area contributed by atoms with Crippen LogP contribution in [0.5, 0.6) is 0 Å². The molecule has 1 N–H and O–H groups in total. The summed E-state index contributed by atoms with van der Waals surface area (Å²) >= 11 is 5.70. The molecule has 1 aliphatic carbocycles. The largest absolute Gasteiger partial charge is 0.481 e. The zero-order valence-electron chi connectivity index (χ0n) is 8.89. The Kier molecular flexibility index (Phi) is 2.66. The SMILES string of the molecule is CC1(C(=O)O)CCCc2c1ccc(Cl)c2F. The molecule has 0 fully saturated rings. The molecule has 2 nitrogen and oxygen atoms in total. The summed E-state index contributed by atoms with van der Waals surface area (Å²) in [4.78, 5) is 11.3. The van der Waals surface area contributed by atoms with Gasteiger partial charge in [-0.2, -0.15) is 0 Å². The van der Waals surface area contributed by atoms with Crippen molar-refractivity contribution in [3.63, 3.8) is 0 Å². The highest BCUT2D eigenvalue weighted by Gasteiger charge is 2.40. The number of fused-ring (bicyclic) bond motifs is 1. The third-order valence-corrected chi connectivity index (χ3v) is 3.66. The number of carboxylic acids is 1. The summed E-state index contributed by atoms with van der Waals surface area (Å²) in [5, 5.41) is 9.31. The van der Waals surface area contributed by atoms with Gasteiger partial charge in [0.1, 0.15) is 5.82 Å². The van der Waals surface area contributed by atoms with Gasteiger partial charge in [-0.1, -0.05) is 17.7 Å². The number of benzene rings is 1. The molecule has 0 spiro atoms. The van der Waals surface area contributed by atoms with Crippen molar-refractivity contribution in [3.05, 3.63) is 34.1 Å². The molecule has 0 saturated heterocycles. The summed E-state index contributed by atoms with van der Waals surface area (Å²) in [7, 11) is 0. The zero-order chi connectivity index (χ0) is 11.9. The zero-order valence-corrected chi connectivity index (χ0v) is 9.64. The number of halogens is 2. The van der Waals surface area contributed by atoms with Crippen LogP contribution in [0.3, 0.4) is 0 Å². The van der Waals surface area contributed by atoms with E-state index in [1.807, 2.05) is 0 Å². The Labute approximate surface area is 98.0 Å². The number of carboxylic acid groups (broad SMARTS) is 1. The van der Waals surface area contributed by atoms with Gasteiger partial charge in [-0.15, -0.1) is 0 Å². The van der Waals surface area contributed by atoms with E-state index in [9.17, 15) is 14.3 Å². The van der Waals surface area contributed by atoms with Crippen molar-refractivity contribution in [1.29, 1.82) is 0 Å². The van der Waals surface area contributed by atoms with Gasteiger partial charge < -0.3 is 5.11 Å². The minimum atomic E-state index is -0.987. The molecule has 0 bridgehead atoms. The van der Waals surface area contributed by atoms with Crippen LogP contribution in [0.15, 0.2) is 12.1 Å². The summed E-state index contributed by atoms with van der Waals surface area (Å²) in [5.74, 6) is -1.37. The molecule has 86 valence electrons. The van der Waals surface area contributed by atoms with Crippen molar-refractivity contribution in [1.82, 2.24) is 0 Å². The molecule has 1 atom stereocenters. The van der Waals surface area contributed by atoms with Gasteiger partial charge in [0.05, 0.1) is 10.4 Å². The molecule has 0 aliphatic heterocycles. The number of rotatable bonds is 1. The molecule has 0 saturated carbocycles. The van der Waals surface area contributed by atoms with Crippen LogP contribution >= 0.6 is 11.6 Å². The summed E-state index contributed by atoms with van der Waals surface area (Å²) in [6.07, 6.45) is 1.77. The Morgan fingerprint density at radius 1 is 1.56 bits per heavy atom. The lowest BCUT2D eigenvalue weighted by atomic mass is 9.71. The Bertz CT molecular complexity index is 459. The molecule has 1 aromatic carbocycles. The number of aliphatic carboxylic acids is 1. The Balaban J connectivity index is 2.65. The molecule has 1 unspecified atom stereocenters. The molecule has 0 heterocycles. The second-order valence-electron chi connectivity index (χ2n) is 4.38. The van der Waals surface area contributed by atoms with Crippen molar-refractivity contribution in [2.75, 3.05) is 0 Å². The van der Waals surface area contributed by atoms with Crippen molar-refractivity contribution in [2.45, 2.75) is 31.6 Å². The first-order valence-corrected chi connectivity index (χ1v) is 5.55.